The minimum Gasteiger partial charge on any atom is -0.369 e. The van der Waals surface area contributed by atoms with Crippen LogP contribution in [-0.2, 0) is 34.7 Å². The van der Waals surface area contributed by atoms with Crippen LogP contribution in [-0.4, -0.2) is 109 Å². The maximum Gasteiger partial charge on any atom is 0.369 e. The molecule has 0 aliphatic carbocycles. The number of rotatable bonds is 19. The zero-order valence-corrected chi connectivity index (χ0v) is 25.6. The average Bonchev–Trinajstić information content (AvgIpc) is 2.91. The van der Waals surface area contributed by atoms with E-state index in [1.165, 1.54) is 0 Å². The van der Waals surface area contributed by atoms with Crippen LogP contribution < -0.4 is 21.3 Å². The minimum absolute atomic E-state index is 0.0492. The lowest BCUT2D eigenvalue weighted by atomic mass is 10.1. The highest BCUT2D eigenvalue weighted by Gasteiger charge is 2.58. The zero-order valence-electron chi connectivity index (χ0n) is 22.3. The molecule has 0 saturated heterocycles. The van der Waals surface area contributed by atoms with Crippen molar-refractivity contribution in [1.29, 1.82) is 0 Å². The Bertz CT molecular complexity index is 1140. The van der Waals surface area contributed by atoms with Crippen molar-refractivity contribution in [3.05, 3.63) is 29.8 Å². The molecule has 20 heteroatoms. The molecule has 238 valence electrons. The molecule has 0 aromatic heterocycles. The summed E-state index contributed by atoms with van der Waals surface area (Å²) in [7, 11) is -11.3. The Kier molecular flexibility index (Phi) is 15.6. The number of aliphatic hydroxyl groups is 1. The fourth-order valence-corrected chi connectivity index (χ4v) is 6.23. The smallest absolute Gasteiger partial charge is 0.369 e. The lowest BCUT2D eigenvalue weighted by Gasteiger charge is -2.29. The first-order valence-corrected chi connectivity index (χ1v) is 16.6. The van der Waals surface area contributed by atoms with Gasteiger partial charge in [-0.15, -0.1) is 23.2 Å². The largest absolute Gasteiger partial charge is 0.369 e. The third-order valence-corrected chi connectivity index (χ3v) is 10.1. The monoisotopic (exact) mass is 677 g/mol. The maximum absolute atomic E-state index is 12.4. The molecule has 42 heavy (non-hydrogen) atoms. The van der Waals surface area contributed by atoms with Gasteiger partial charge < -0.3 is 45.9 Å². The Morgan fingerprint density at radius 1 is 1.00 bits per heavy atom. The van der Waals surface area contributed by atoms with Crippen LogP contribution in [0.3, 0.4) is 0 Å². The highest BCUT2D eigenvalue weighted by molar-refractivity contribution is 7.72. The molecular formula is C22H35Cl2N5O11P2. The van der Waals surface area contributed by atoms with Crippen LogP contribution in [0.1, 0.15) is 18.4 Å². The summed E-state index contributed by atoms with van der Waals surface area (Å²) in [6.07, 6.45) is -1.34. The fraction of sp³-hybridized carbons (Fsp3) is 0.545. The molecule has 1 aromatic rings. The second-order valence-corrected chi connectivity index (χ2v) is 13.8. The number of carbonyl (C=O) groups is 4. The van der Waals surface area contributed by atoms with Crippen LogP contribution >= 0.6 is 38.4 Å². The summed E-state index contributed by atoms with van der Waals surface area (Å²) in [6.45, 7) is -0.645. The van der Waals surface area contributed by atoms with E-state index in [0.717, 1.165) is 11.3 Å². The standard InChI is InChI=1S/C22H35Cl2N5O11P2/c23-7-10-28(11-8-24)17-4-2-16(3-5-17)12-18(25)21(33)27-13-20(32)29(15-30)14-19(31)26-9-1-6-22(34,41(35,36)37)42(38,39)40/h2-5,15,18,34H,1,6-14,25H2,(H,26,31)(H,27,33)(H2,35,36,37)(H2,38,39,40)/t18-/m0/s1. The highest BCUT2D eigenvalue weighted by Crippen LogP contribution is 2.69. The van der Waals surface area contributed by atoms with Crippen LogP contribution in [0.15, 0.2) is 24.3 Å². The first-order valence-electron chi connectivity index (χ1n) is 12.3. The Labute approximate surface area is 251 Å². The molecule has 0 unspecified atom stereocenters. The molecule has 0 bridgehead atoms. The average molecular weight is 678 g/mol. The van der Waals surface area contributed by atoms with Crippen molar-refractivity contribution in [2.75, 3.05) is 49.4 Å². The molecular weight excluding hydrogens is 643 g/mol. The van der Waals surface area contributed by atoms with E-state index >= 15 is 0 Å². The van der Waals surface area contributed by atoms with E-state index < -0.39 is 76.5 Å². The quantitative estimate of drug-likeness (QED) is 0.0372. The normalized spacial score (nSPS) is 12.8. The molecule has 0 aliphatic heterocycles. The molecule has 1 rings (SSSR count). The van der Waals surface area contributed by atoms with Crippen molar-refractivity contribution in [2.24, 2.45) is 5.73 Å². The predicted molar refractivity (Wildman–Crippen MR) is 154 cm³/mol. The van der Waals surface area contributed by atoms with Crippen molar-refractivity contribution in [2.45, 2.75) is 30.4 Å². The van der Waals surface area contributed by atoms with E-state index in [2.05, 4.69) is 10.6 Å². The van der Waals surface area contributed by atoms with Gasteiger partial charge in [-0.05, 0) is 30.5 Å². The zero-order chi connectivity index (χ0) is 32.1. The summed E-state index contributed by atoms with van der Waals surface area (Å²) >= 11 is 11.6. The molecule has 0 saturated carbocycles. The van der Waals surface area contributed by atoms with E-state index in [4.69, 9.17) is 48.5 Å². The molecule has 0 spiro atoms. The number of nitrogens with one attached hydrogen (secondary N) is 2. The van der Waals surface area contributed by atoms with Crippen molar-refractivity contribution < 1.29 is 53.0 Å². The number of imide groups is 1. The lowest BCUT2D eigenvalue weighted by molar-refractivity contribution is -0.142. The Morgan fingerprint density at radius 2 is 1.55 bits per heavy atom. The van der Waals surface area contributed by atoms with E-state index in [1.807, 2.05) is 17.0 Å². The molecule has 1 atom stereocenters. The third kappa shape index (κ3) is 11.5. The Hall–Kier alpha value is -2.10. The van der Waals surface area contributed by atoms with Crippen molar-refractivity contribution in [1.82, 2.24) is 15.5 Å². The van der Waals surface area contributed by atoms with E-state index in [9.17, 15) is 33.4 Å². The lowest BCUT2D eigenvalue weighted by Crippen LogP contribution is -2.48. The molecule has 4 amide bonds. The third-order valence-electron chi connectivity index (χ3n) is 5.92. The first-order chi connectivity index (χ1) is 19.5. The number of nitrogens with two attached hydrogens (primary N) is 1. The topological polar surface area (TPSA) is 260 Å². The van der Waals surface area contributed by atoms with Crippen molar-refractivity contribution in [3.8, 4) is 0 Å². The van der Waals surface area contributed by atoms with Crippen LogP contribution in [0.4, 0.5) is 5.69 Å². The number of halogens is 2. The summed E-state index contributed by atoms with van der Waals surface area (Å²) < 4.78 is 22.7. The van der Waals surface area contributed by atoms with Gasteiger partial charge in [-0.1, -0.05) is 12.1 Å². The number of amides is 4. The number of alkyl halides is 2. The van der Waals surface area contributed by atoms with Gasteiger partial charge >= 0.3 is 15.2 Å². The molecule has 0 aliphatic rings. The molecule has 0 radical (unpaired) electrons. The van der Waals surface area contributed by atoms with Gasteiger partial charge in [0.2, 0.25) is 24.1 Å². The summed E-state index contributed by atoms with van der Waals surface area (Å²) in [6, 6.07) is 6.22. The van der Waals surface area contributed by atoms with Crippen LogP contribution in [0.25, 0.3) is 0 Å². The summed E-state index contributed by atoms with van der Waals surface area (Å²) in [5, 5.41) is 10.6. The van der Waals surface area contributed by atoms with Gasteiger partial charge in [0.1, 0.15) is 6.54 Å². The molecule has 1 aromatic carbocycles. The number of anilines is 1. The van der Waals surface area contributed by atoms with Crippen molar-refractivity contribution >= 4 is 68.2 Å². The van der Waals surface area contributed by atoms with Gasteiger partial charge in [0.15, 0.2) is 0 Å². The van der Waals surface area contributed by atoms with Gasteiger partial charge in [-0.2, -0.15) is 0 Å². The summed E-state index contributed by atoms with van der Waals surface area (Å²) in [5.74, 6) is -1.70. The van der Waals surface area contributed by atoms with Crippen molar-refractivity contribution in [3.63, 3.8) is 0 Å². The first kappa shape index (κ1) is 37.9. The highest BCUT2D eigenvalue weighted by atomic mass is 35.5. The minimum atomic E-state index is -5.64. The summed E-state index contributed by atoms with van der Waals surface area (Å²) in [5.41, 5.74) is 7.58. The molecule has 16 nitrogen and oxygen atoms in total. The van der Waals surface area contributed by atoms with E-state index in [-0.39, 0.29) is 12.8 Å². The maximum atomic E-state index is 12.4. The molecule has 0 heterocycles. The van der Waals surface area contributed by atoms with E-state index in [0.29, 0.717) is 29.7 Å². The number of hydrogen-bond acceptors (Lipinski definition) is 9. The number of carbonyl (C=O) groups excluding carboxylic acids is 4. The van der Waals surface area contributed by atoms with E-state index in [1.54, 1.807) is 12.1 Å². The van der Waals surface area contributed by atoms with Gasteiger partial charge in [0.25, 0.3) is 5.08 Å². The number of benzene rings is 1. The number of hydrogen-bond donors (Lipinski definition) is 8. The number of nitrogens with zero attached hydrogens (tertiary/aromatic N) is 2. The van der Waals surface area contributed by atoms with Crippen LogP contribution in [0, 0.1) is 0 Å². The van der Waals surface area contributed by atoms with Gasteiger partial charge in [-0.25, -0.2) is 0 Å². The molecule has 9 N–H and O–H groups in total. The van der Waals surface area contributed by atoms with Crippen LogP contribution in [0.5, 0.6) is 0 Å². The van der Waals surface area contributed by atoms with Gasteiger partial charge in [0.05, 0.1) is 12.6 Å². The molecule has 0 fully saturated rings. The Balaban J connectivity index is 2.56. The summed E-state index contributed by atoms with van der Waals surface area (Å²) in [4.78, 5) is 86.9. The SMILES string of the molecule is N[C@@H](Cc1ccc(N(CCCl)CCCl)cc1)C(=O)NCC(=O)N(C=O)CC(=O)NCCCC(O)(P(=O)(O)O)P(=O)(O)O. The predicted octanol–water partition coefficient (Wildman–Crippen LogP) is -1.16. The van der Waals surface area contributed by atoms with Crippen LogP contribution in [0.2, 0.25) is 0 Å². The van der Waals surface area contributed by atoms with Gasteiger partial charge in [-0.3, -0.25) is 33.2 Å². The second kappa shape index (κ2) is 17.3. The fourth-order valence-electron chi connectivity index (χ4n) is 3.57. The Morgan fingerprint density at radius 3 is 2.02 bits per heavy atom. The van der Waals surface area contributed by atoms with Gasteiger partial charge in [0, 0.05) is 43.5 Å². The second-order valence-electron chi connectivity index (χ2n) is 9.00.